The number of hydrogen-bond donors (Lipinski definition) is 1. The maximum Gasteiger partial charge on any atom is 0.266 e. The van der Waals surface area contributed by atoms with Gasteiger partial charge in [-0.1, -0.05) is 23.4 Å². The van der Waals surface area contributed by atoms with Crippen molar-refractivity contribution >= 4 is 57.8 Å². The fourth-order valence-electron chi connectivity index (χ4n) is 2.90. The predicted octanol–water partition coefficient (Wildman–Crippen LogP) is 4.40. The Balaban J connectivity index is 1.61. The summed E-state index contributed by atoms with van der Waals surface area (Å²) in [6.07, 6.45) is 5.23. The molecule has 28 heavy (non-hydrogen) atoms. The minimum atomic E-state index is -0.0609. The van der Waals surface area contributed by atoms with E-state index in [1.165, 1.54) is 18.1 Å². The number of thioether (sulfide) groups is 2. The van der Waals surface area contributed by atoms with Crippen LogP contribution in [0.1, 0.15) is 13.8 Å². The predicted molar refractivity (Wildman–Crippen MR) is 115 cm³/mol. The Kier molecular flexibility index (Phi) is 5.47. The van der Waals surface area contributed by atoms with E-state index in [0.29, 0.717) is 27.6 Å². The van der Waals surface area contributed by atoms with Gasteiger partial charge in [0.15, 0.2) is 5.17 Å². The van der Waals surface area contributed by atoms with Gasteiger partial charge in [-0.15, -0.1) is 0 Å². The third-order valence-electron chi connectivity index (χ3n) is 4.19. The van der Waals surface area contributed by atoms with Crippen molar-refractivity contribution in [3.05, 3.63) is 51.6 Å². The number of aromatic amines is 1. The van der Waals surface area contributed by atoms with Gasteiger partial charge in [0.05, 0.1) is 15.6 Å². The second-order valence-corrected chi connectivity index (χ2v) is 8.36. The standard InChI is InChI=1S/C18H17ClN6OS2/c1-3-24-12-9-11(19)5-6-13(12)27-15(24)8-7-14-16(26)25(4-2)18(28-14)22-17-20-10-21-23-17/h5-10H,3-4H2,1-2H3,(H,20,21,23)/b14-7+,15-8-,22-18+. The highest BCUT2D eigenvalue weighted by Gasteiger charge is 2.32. The summed E-state index contributed by atoms with van der Waals surface area (Å²) in [4.78, 5) is 26.7. The van der Waals surface area contributed by atoms with E-state index >= 15 is 0 Å². The van der Waals surface area contributed by atoms with Crippen LogP contribution in [0.25, 0.3) is 0 Å². The van der Waals surface area contributed by atoms with Crippen molar-refractivity contribution in [2.45, 2.75) is 18.7 Å². The first-order valence-corrected chi connectivity index (χ1v) is 10.7. The average molecular weight is 433 g/mol. The van der Waals surface area contributed by atoms with Gasteiger partial charge in [0.2, 0.25) is 5.95 Å². The Hall–Kier alpha value is -2.23. The van der Waals surface area contributed by atoms with Gasteiger partial charge in [-0.2, -0.15) is 15.1 Å². The number of rotatable bonds is 4. The molecule has 1 amide bonds. The van der Waals surface area contributed by atoms with Crippen molar-refractivity contribution in [2.24, 2.45) is 4.99 Å². The Morgan fingerprint density at radius 3 is 2.75 bits per heavy atom. The van der Waals surface area contributed by atoms with Gasteiger partial charge in [-0.3, -0.25) is 9.69 Å². The summed E-state index contributed by atoms with van der Waals surface area (Å²) < 4.78 is 0. The lowest BCUT2D eigenvalue weighted by molar-refractivity contribution is -0.122. The number of nitrogens with zero attached hydrogens (tertiary/aromatic N) is 5. The number of anilines is 1. The molecule has 1 fully saturated rings. The lowest BCUT2D eigenvalue weighted by Crippen LogP contribution is -2.28. The van der Waals surface area contributed by atoms with Crippen LogP contribution >= 0.6 is 35.1 Å². The molecule has 0 radical (unpaired) electrons. The van der Waals surface area contributed by atoms with Crippen molar-refractivity contribution in [2.75, 3.05) is 18.0 Å². The molecule has 7 nitrogen and oxygen atoms in total. The van der Waals surface area contributed by atoms with E-state index < -0.39 is 0 Å². The monoisotopic (exact) mass is 432 g/mol. The highest BCUT2D eigenvalue weighted by Crippen LogP contribution is 2.47. The zero-order chi connectivity index (χ0) is 19.7. The number of H-pyrrole nitrogens is 1. The van der Waals surface area contributed by atoms with Crippen molar-refractivity contribution in [1.29, 1.82) is 0 Å². The van der Waals surface area contributed by atoms with Crippen LogP contribution in [0.4, 0.5) is 11.6 Å². The normalized spacial score (nSPS) is 20.8. The SMILES string of the molecule is CCN1C(=O)/C(=C\C=C2/Sc3ccc(Cl)cc3N2CC)S/C1=N/c1ncn[nH]1. The molecule has 1 aromatic heterocycles. The first-order valence-electron chi connectivity index (χ1n) is 8.71. The second-order valence-electron chi connectivity index (χ2n) is 5.85. The molecule has 4 rings (SSSR count). The van der Waals surface area contributed by atoms with Crippen LogP contribution in [0.5, 0.6) is 0 Å². The van der Waals surface area contributed by atoms with E-state index in [0.717, 1.165) is 22.2 Å². The summed E-state index contributed by atoms with van der Waals surface area (Å²) >= 11 is 9.16. The smallest absolute Gasteiger partial charge is 0.266 e. The Labute approximate surface area is 175 Å². The zero-order valence-corrected chi connectivity index (χ0v) is 17.6. The van der Waals surface area contributed by atoms with Crippen molar-refractivity contribution in [3.8, 4) is 0 Å². The van der Waals surface area contributed by atoms with E-state index in [4.69, 9.17) is 11.6 Å². The molecule has 3 heterocycles. The highest BCUT2D eigenvalue weighted by molar-refractivity contribution is 8.18. The number of aliphatic imine (C=N–C) groups is 1. The lowest BCUT2D eigenvalue weighted by Gasteiger charge is -2.17. The Morgan fingerprint density at radius 2 is 2.04 bits per heavy atom. The highest BCUT2D eigenvalue weighted by atomic mass is 35.5. The van der Waals surface area contributed by atoms with Crippen LogP contribution in [0, 0.1) is 0 Å². The number of fused-ring (bicyclic) bond motifs is 1. The fourth-order valence-corrected chi connectivity index (χ4v) is 5.16. The molecule has 1 saturated heterocycles. The molecule has 1 N–H and O–H groups in total. The fraction of sp³-hybridized carbons (Fsp3) is 0.222. The Morgan fingerprint density at radius 1 is 1.21 bits per heavy atom. The van der Waals surface area contributed by atoms with Gasteiger partial charge < -0.3 is 4.90 Å². The maximum absolute atomic E-state index is 12.7. The number of likely N-dealkylation sites (N-methyl/N-ethyl adjacent to an activating group) is 1. The molecule has 10 heteroatoms. The number of hydrogen-bond acceptors (Lipinski definition) is 7. The van der Waals surface area contributed by atoms with Crippen LogP contribution < -0.4 is 4.90 Å². The van der Waals surface area contributed by atoms with E-state index in [1.54, 1.807) is 16.7 Å². The van der Waals surface area contributed by atoms with Gasteiger partial charge in [0.1, 0.15) is 6.33 Å². The number of carbonyl (C=O) groups is 1. The summed E-state index contributed by atoms with van der Waals surface area (Å²) in [5, 5.41) is 8.84. The zero-order valence-electron chi connectivity index (χ0n) is 15.2. The number of benzene rings is 1. The minimum Gasteiger partial charge on any atom is -0.335 e. The molecule has 144 valence electrons. The molecule has 2 aliphatic rings. The third-order valence-corrected chi connectivity index (χ3v) is 6.58. The number of nitrogens with one attached hydrogen (secondary N) is 1. The molecule has 0 aliphatic carbocycles. The lowest BCUT2D eigenvalue weighted by atomic mass is 10.3. The number of carbonyl (C=O) groups excluding carboxylic acids is 1. The van der Waals surface area contributed by atoms with Gasteiger partial charge in [0.25, 0.3) is 5.91 Å². The van der Waals surface area contributed by atoms with E-state index in [9.17, 15) is 4.79 Å². The van der Waals surface area contributed by atoms with Gasteiger partial charge in [-0.05, 0) is 56.0 Å². The van der Waals surface area contributed by atoms with Crippen LogP contribution in [-0.2, 0) is 4.79 Å². The topological polar surface area (TPSA) is 77.5 Å². The molecular formula is C18H17ClN6OS2. The number of allylic oxidation sites excluding steroid dienone is 2. The van der Waals surface area contributed by atoms with Crippen LogP contribution in [-0.4, -0.2) is 44.2 Å². The molecule has 2 aromatic rings. The van der Waals surface area contributed by atoms with Crippen molar-refractivity contribution in [1.82, 2.24) is 20.1 Å². The summed E-state index contributed by atoms with van der Waals surface area (Å²) in [5.74, 6) is 0.318. The summed E-state index contributed by atoms with van der Waals surface area (Å²) in [7, 11) is 0. The molecule has 0 bridgehead atoms. The first-order chi connectivity index (χ1) is 13.6. The van der Waals surface area contributed by atoms with Crippen LogP contribution in [0.3, 0.4) is 0 Å². The van der Waals surface area contributed by atoms with E-state index in [2.05, 4.69) is 32.0 Å². The number of aromatic nitrogens is 3. The quantitative estimate of drug-likeness (QED) is 0.721. The third kappa shape index (κ3) is 3.57. The number of amides is 1. The largest absolute Gasteiger partial charge is 0.335 e. The van der Waals surface area contributed by atoms with Crippen LogP contribution in [0.15, 0.2) is 56.5 Å². The molecule has 0 atom stereocenters. The average Bonchev–Trinajstić information content (AvgIpc) is 3.38. The molecule has 0 unspecified atom stereocenters. The van der Waals surface area contributed by atoms with Gasteiger partial charge >= 0.3 is 0 Å². The molecular weight excluding hydrogens is 416 g/mol. The summed E-state index contributed by atoms with van der Waals surface area (Å²) in [6, 6.07) is 5.89. The Bertz CT molecular complexity index is 1000. The summed E-state index contributed by atoms with van der Waals surface area (Å²) in [5.41, 5.74) is 1.10. The van der Waals surface area contributed by atoms with E-state index in [-0.39, 0.29) is 5.91 Å². The number of halogens is 1. The van der Waals surface area contributed by atoms with Gasteiger partial charge in [-0.25, -0.2) is 5.10 Å². The van der Waals surface area contributed by atoms with E-state index in [1.807, 2.05) is 37.3 Å². The summed E-state index contributed by atoms with van der Waals surface area (Å²) in [6.45, 7) is 5.36. The van der Waals surface area contributed by atoms with Crippen molar-refractivity contribution in [3.63, 3.8) is 0 Å². The molecule has 1 aromatic carbocycles. The minimum absolute atomic E-state index is 0.0609. The molecule has 0 saturated carbocycles. The van der Waals surface area contributed by atoms with Crippen molar-refractivity contribution < 1.29 is 4.79 Å². The number of amidine groups is 1. The first kappa shape index (κ1) is 19.1. The second kappa shape index (κ2) is 8.02. The maximum atomic E-state index is 12.7. The molecule has 2 aliphatic heterocycles. The van der Waals surface area contributed by atoms with Gasteiger partial charge in [0, 0.05) is 23.0 Å². The molecule has 0 spiro atoms. The van der Waals surface area contributed by atoms with Crippen LogP contribution in [0.2, 0.25) is 5.02 Å².